The topological polar surface area (TPSA) is 29.5 Å². The van der Waals surface area contributed by atoms with E-state index in [4.69, 9.17) is 4.74 Å². The van der Waals surface area contributed by atoms with Crippen LogP contribution in [0.5, 0.6) is 0 Å². The van der Waals surface area contributed by atoms with Gasteiger partial charge in [-0.25, -0.2) is 0 Å². The molecule has 2 saturated heterocycles. The quantitative estimate of drug-likeness (QED) is 0.371. The molecule has 0 radical (unpaired) electrons. The highest BCUT2D eigenvalue weighted by molar-refractivity contribution is 5.74. The summed E-state index contributed by atoms with van der Waals surface area (Å²) in [7, 11) is 0. The van der Waals surface area contributed by atoms with Gasteiger partial charge in [0.25, 0.3) is 0 Å². The SMILES string of the molecule is CC[C@]12CC3C(C(=O)OCCc4ccccc4)CC1C(Cc1ccccc12)N3CCc1ccccc1. The molecule has 2 heterocycles. The second-order valence-electron chi connectivity index (χ2n) is 11.0. The van der Waals surface area contributed by atoms with Crippen molar-refractivity contribution in [3.8, 4) is 0 Å². The first-order valence-electron chi connectivity index (χ1n) is 13.8. The number of rotatable bonds is 8. The predicted octanol–water partition coefficient (Wildman–Crippen LogP) is 6.00. The van der Waals surface area contributed by atoms with E-state index in [2.05, 4.69) is 78.6 Å². The largest absolute Gasteiger partial charge is 0.465 e. The van der Waals surface area contributed by atoms with Crippen molar-refractivity contribution in [2.75, 3.05) is 13.2 Å². The molecule has 4 aliphatic rings. The van der Waals surface area contributed by atoms with Gasteiger partial charge in [0.1, 0.15) is 0 Å². The summed E-state index contributed by atoms with van der Waals surface area (Å²) in [4.78, 5) is 16.2. The van der Waals surface area contributed by atoms with Crippen molar-refractivity contribution < 1.29 is 9.53 Å². The monoisotopic (exact) mass is 479 g/mol. The van der Waals surface area contributed by atoms with E-state index in [-0.39, 0.29) is 23.3 Å². The Morgan fingerprint density at radius 2 is 1.56 bits per heavy atom. The maximum atomic E-state index is 13.5. The fourth-order valence-corrected chi connectivity index (χ4v) is 7.76. The van der Waals surface area contributed by atoms with Crippen LogP contribution in [0.15, 0.2) is 84.9 Å². The lowest BCUT2D eigenvalue weighted by atomic mass is 9.48. The summed E-state index contributed by atoms with van der Waals surface area (Å²) < 4.78 is 5.94. The van der Waals surface area contributed by atoms with Crippen molar-refractivity contribution in [1.29, 1.82) is 0 Å². The average molecular weight is 480 g/mol. The molecule has 3 heteroatoms. The Morgan fingerprint density at radius 3 is 2.28 bits per heavy atom. The van der Waals surface area contributed by atoms with E-state index < -0.39 is 0 Å². The van der Waals surface area contributed by atoms with Crippen molar-refractivity contribution in [2.45, 2.75) is 62.9 Å². The van der Waals surface area contributed by atoms with Crippen LogP contribution in [0.2, 0.25) is 0 Å². The Balaban J connectivity index is 1.25. The molecule has 4 bridgehead atoms. The van der Waals surface area contributed by atoms with Crippen LogP contribution in [0, 0.1) is 11.8 Å². The molecule has 3 fully saturated rings. The van der Waals surface area contributed by atoms with Crippen LogP contribution in [0.4, 0.5) is 0 Å². The number of fused-ring (bicyclic) bond motifs is 2. The van der Waals surface area contributed by atoms with Crippen LogP contribution in [0.25, 0.3) is 0 Å². The van der Waals surface area contributed by atoms with Gasteiger partial charge in [0.15, 0.2) is 0 Å². The lowest BCUT2D eigenvalue weighted by Crippen LogP contribution is -2.70. The summed E-state index contributed by atoms with van der Waals surface area (Å²) in [5, 5.41) is 0. The Kier molecular flexibility index (Phi) is 6.43. The molecule has 2 aliphatic heterocycles. The zero-order valence-electron chi connectivity index (χ0n) is 21.3. The van der Waals surface area contributed by atoms with Crippen LogP contribution in [-0.2, 0) is 34.2 Å². The van der Waals surface area contributed by atoms with Gasteiger partial charge in [-0.1, -0.05) is 91.9 Å². The number of hydrogen-bond acceptors (Lipinski definition) is 3. The molecule has 0 N–H and O–H groups in total. The minimum atomic E-state index is -0.0252. The van der Waals surface area contributed by atoms with Gasteiger partial charge in [0, 0.05) is 30.5 Å². The van der Waals surface area contributed by atoms with Crippen molar-refractivity contribution in [3.63, 3.8) is 0 Å². The number of ether oxygens (including phenoxy) is 1. The first-order chi connectivity index (χ1) is 17.7. The highest BCUT2D eigenvalue weighted by atomic mass is 16.5. The van der Waals surface area contributed by atoms with E-state index in [0.717, 1.165) is 45.1 Å². The fourth-order valence-electron chi connectivity index (χ4n) is 7.76. The van der Waals surface area contributed by atoms with E-state index in [1.165, 1.54) is 16.7 Å². The molecular weight excluding hydrogens is 442 g/mol. The van der Waals surface area contributed by atoms with Gasteiger partial charge in [-0.2, -0.15) is 0 Å². The van der Waals surface area contributed by atoms with E-state index in [1.54, 1.807) is 5.56 Å². The summed E-state index contributed by atoms with van der Waals surface area (Å²) in [6, 6.07) is 31.0. The normalized spacial score (nSPS) is 28.5. The second kappa shape index (κ2) is 9.86. The molecule has 2 aliphatic carbocycles. The summed E-state index contributed by atoms with van der Waals surface area (Å²) in [5.74, 6) is 0.496. The third-order valence-corrected chi connectivity index (χ3v) is 9.47. The molecule has 1 saturated carbocycles. The Morgan fingerprint density at radius 1 is 0.889 bits per heavy atom. The molecule has 5 atom stereocenters. The van der Waals surface area contributed by atoms with Crippen LogP contribution in [0.3, 0.4) is 0 Å². The van der Waals surface area contributed by atoms with Crippen molar-refractivity contribution in [1.82, 2.24) is 4.90 Å². The number of benzene rings is 3. The second-order valence-corrected chi connectivity index (χ2v) is 11.0. The van der Waals surface area contributed by atoms with E-state index in [9.17, 15) is 4.79 Å². The first kappa shape index (κ1) is 23.5. The number of esters is 1. The van der Waals surface area contributed by atoms with Crippen molar-refractivity contribution in [2.24, 2.45) is 11.8 Å². The standard InChI is InChI=1S/C33H37NO2/c1-2-33-23-31-27(32(35)36-20-18-25-13-7-4-8-14-25)22-29(33)30(21-26-15-9-10-16-28(26)33)34(31)19-17-24-11-5-3-6-12-24/h3-16,27,29-31H,2,17-23H2,1H3/t27?,29?,30?,31?,33-/m1/s1. The van der Waals surface area contributed by atoms with Crippen LogP contribution in [0.1, 0.15) is 48.4 Å². The van der Waals surface area contributed by atoms with Gasteiger partial charge >= 0.3 is 5.97 Å². The maximum absolute atomic E-state index is 13.5. The minimum absolute atomic E-state index is 0.0163. The molecule has 3 aromatic carbocycles. The molecule has 3 nitrogen and oxygen atoms in total. The summed E-state index contributed by atoms with van der Waals surface area (Å²) in [6.45, 7) is 3.83. The highest BCUT2D eigenvalue weighted by Crippen LogP contribution is 2.59. The van der Waals surface area contributed by atoms with Gasteiger partial charge < -0.3 is 4.74 Å². The lowest BCUT2D eigenvalue weighted by Gasteiger charge is -2.65. The summed E-state index contributed by atoms with van der Waals surface area (Å²) in [5.41, 5.74) is 5.86. The molecular formula is C33H37NO2. The van der Waals surface area contributed by atoms with Gasteiger partial charge in [0.05, 0.1) is 12.5 Å². The van der Waals surface area contributed by atoms with Crippen LogP contribution < -0.4 is 0 Å². The van der Waals surface area contributed by atoms with Crippen LogP contribution >= 0.6 is 0 Å². The maximum Gasteiger partial charge on any atom is 0.310 e. The molecule has 0 aromatic heterocycles. The zero-order valence-corrected chi connectivity index (χ0v) is 21.3. The Labute approximate surface area is 215 Å². The third kappa shape index (κ3) is 4.08. The Hall–Kier alpha value is -2.91. The van der Waals surface area contributed by atoms with Crippen molar-refractivity contribution in [3.05, 3.63) is 107 Å². The zero-order chi connectivity index (χ0) is 24.5. The molecule has 7 rings (SSSR count). The minimum Gasteiger partial charge on any atom is -0.465 e. The number of hydrogen-bond donors (Lipinski definition) is 0. The van der Waals surface area contributed by atoms with Gasteiger partial charge in [0.2, 0.25) is 0 Å². The molecule has 0 spiro atoms. The van der Waals surface area contributed by atoms with Gasteiger partial charge in [-0.15, -0.1) is 0 Å². The van der Waals surface area contributed by atoms with Crippen LogP contribution in [-0.4, -0.2) is 36.1 Å². The van der Waals surface area contributed by atoms with Gasteiger partial charge in [-0.3, -0.25) is 9.69 Å². The average Bonchev–Trinajstić information content (AvgIpc) is 2.93. The molecule has 3 aromatic rings. The smallest absolute Gasteiger partial charge is 0.310 e. The third-order valence-electron chi connectivity index (χ3n) is 9.47. The first-order valence-corrected chi connectivity index (χ1v) is 13.8. The van der Waals surface area contributed by atoms with E-state index in [0.29, 0.717) is 18.6 Å². The van der Waals surface area contributed by atoms with E-state index in [1.807, 2.05) is 18.2 Å². The molecule has 0 amide bonds. The molecule has 186 valence electrons. The highest BCUT2D eigenvalue weighted by Gasteiger charge is 2.62. The molecule has 36 heavy (non-hydrogen) atoms. The lowest BCUT2D eigenvalue weighted by molar-refractivity contribution is -0.167. The fraction of sp³-hybridized carbons (Fsp3) is 0.424. The van der Waals surface area contributed by atoms with Gasteiger partial charge in [-0.05, 0) is 60.3 Å². The van der Waals surface area contributed by atoms with Crippen molar-refractivity contribution >= 4 is 5.97 Å². The number of nitrogens with zero attached hydrogens (tertiary/aromatic N) is 1. The van der Waals surface area contributed by atoms with E-state index >= 15 is 0 Å². The predicted molar refractivity (Wildman–Crippen MR) is 144 cm³/mol. The Bertz CT molecular complexity index is 1190. The summed E-state index contributed by atoms with van der Waals surface area (Å²) >= 11 is 0. The number of carbonyl (C=O) groups excluding carboxylic acids is 1. The molecule has 4 unspecified atom stereocenters. The number of carbonyl (C=O) groups is 1. The summed E-state index contributed by atoms with van der Waals surface area (Å²) in [6.07, 6.45) is 6.07. The number of piperidine rings is 2.